The van der Waals surface area contributed by atoms with Gasteiger partial charge in [0.1, 0.15) is 0 Å². The quantitative estimate of drug-likeness (QED) is 0.782. The van der Waals surface area contributed by atoms with Crippen LogP contribution in [0.3, 0.4) is 0 Å². The molecule has 3 rings (SSSR count). The molecule has 4 nitrogen and oxygen atoms in total. The Morgan fingerprint density at radius 3 is 2.43 bits per heavy atom. The van der Waals surface area contributed by atoms with E-state index in [9.17, 15) is 4.79 Å². The molecule has 1 saturated carbocycles. The Morgan fingerprint density at radius 1 is 1.22 bits per heavy atom. The summed E-state index contributed by atoms with van der Waals surface area (Å²) < 4.78 is 1.08. The van der Waals surface area contributed by atoms with Crippen LogP contribution in [0.15, 0.2) is 28.7 Å². The summed E-state index contributed by atoms with van der Waals surface area (Å²) in [5, 5.41) is 3.16. The number of amides is 1. The fraction of sp³-hybridized carbons (Fsp3) is 0.562. The molecular weight excluding hydrogens is 401 g/mol. The average Bonchev–Trinajstić information content (AvgIpc) is 3.10. The monoisotopic (exact) mass is 423 g/mol. The first-order valence-electron chi connectivity index (χ1n) is 7.67. The van der Waals surface area contributed by atoms with Crippen molar-refractivity contribution in [3.05, 3.63) is 28.7 Å². The molecule has 0 spiro atoms. The molecule has 0 bridgehead atoms. The van der Waals surface area contributed by atoms with Crippen LogP contribution in [0.4, 0.5) is 5.69 Å². The van der Waals surface area contributed by atoms with Gasteiger partial charge in [0.15, 0.2) is 0 Å². The molecule has 1 aliphatic heterocycles. The van der Waals surface area contributed by atoms with Crippen molar-refractivity contribution in [2.24, 2.45) is 5.73 Å². The Hall–Kier alpha value is -0.490. The molecule has 2 fully saturated rings. The van der Waals surface area contributed by atoms with Crippen molar-refractivity contribution < 1.29 is 4.79 Å². The van der Waals surface area contributed by atoms with Gasteiger partial charge in [0, 0.05) is 29.3 Å². The maximum Gasteiger partial charge on any atom is 0.240 e. The highest BCUT2D eigenvalue weighted by atomic mass is 79.9. The van der Waals surface area contributed by atoms with Gasteiger partial charge in [-0.2, -0.15) is 0 Å². The van der Waals surface area contributed by atoms with Crippen LogP contribution in [-0.4, -0.2) is 30.6 Å². The number of hydrogen-bond donors (Lipinski definition) is 2. The minimum absolute atomic E-state index is 0. The van der Waals surface area contributed by atoms with Gasteiger partial charge in [-0.3, -0.25) is 4.79 Å². The molecule has 1 aliphatic carbocycles. The lowest BCUT2D eigenvalue weighted by Crippen LogP contribution is -2.54. The van der Waals surface area contributed by atoms with E-state index in [-0.39, 0.29) is 36.8 Å². The zero-order chi connectivity index (χ0) is 14.9. The number of rotatable bonds is 3. The Kier molecular flexibility index (Phi) is 7.65. The molecule has 1 amide bonds. The summed E-state index contributed by atoms with van der Waals surface area (Å²) in [5.74, 6) is 0.0441. The smallest absolute Gasteiger partial charge is 0.240 e. The molecular formula is C16H24BrCl2N3O. The fourth-order valence-electron chi connectivity index (χ4n) is 3.33. The average molecular weight is 425 g/mol. The Morgan fingerprint density at radius 2 is 1.83 bits per heavy atom. The van der Waals surface area contributed by atoms with Crippen LogP contribution in [-0.2, 0) is 4.79 Å². The normalized spacial score (nSPS) is 22.2. The molecule has 0 radical (unpaired) electrons. The lowest BCUT2D eigenvalue weighted by atomic mass is 9.97. The first-order valence-corrected chi connectivity index (χ1v) is 8.46. The molecule has 3 N–H and O–H groups in total. The van der Waals surface area contributed by atoms with Gasteiger partial charge < -0.3 is 16.0 Å². The molecule has 1 aromatic rings. The van der Waals surface area contributed by atoms with E-state index in [2.05, 4.69) is 50.4 Å². The van der Waals surface area contributed by atoms with Crippen LogP contribution < -0.4 is 16.0 Å². The zero-order valence-electron chi connectivity index (χ0n) is 13.0. The van der Waals surface area contributed by atoms with Crippen LogP contribution >= 0.6 is 40.7 Å². The third kappa shape index (κ3) is 4.75. The van der Waals surface area contributed by atoms with Crippen LogP contribution in [0.25, 0.3) is 0 Å². The van der Waals surface area contributed by atoms with E-state index in [1.165, 1.54) is 5.69 Å². The zero-order valence-corrected chi connectivity index (χ0v) is 16.2. The second-order valence-corrected chi connectivity index (χ2v) is 7.16. The van der Waals surface area contributed by atoms with E-state index in [1.807, 2.05) is 0 Å². The van der Waals surface area contributed by atoms with Gasteiger partial charge in [0.2, 0.25) is 5.91 Å². The molecule has 23 heavy (non-hydrogen) atoms. The highest BCUT2D eigenvalue weighted by molar-refractivity contribution is 9.10. The second kappa shape index (κ2) is 8.56. The molecule has 7 heteroatoms. The van der Waals surface area contributed by atoms with Gasteiger partial charge in [0.05, 0.1) is 5.54 Å². The maximum atomic E-state index is 12.4. The topological polar surface area (TPSA) is 58.4 Å². The minimum Gasteiger partial charge on any atom is -0.369 e. The number of anilines is 1. The summed E-state index contributed by atoms with van der Waals surface area (Å²) in [4.78, 5) is 14.7. The van der Waals surface area contributed by atoms with Crippen molar-refractivity contribution in [3.8, 4) is 0 Å². The fourth-order valence-corrected chi connectivity index (χ4v) is 3.59. The Balaban J connectivity index is 0.00000132. The predicted molar refractivity (Wildman–Crippen MR) is 103 cm³/mol. The highest BCUT2D eigenvalue weighted by Crippen LogP contribution is 2.28. The molecule has 1 atom stereocenters. The summed E-state index contributed by atoms with van der Waals surface area (Å²) in [7, 11) is 0. The van der Waals surface area contributed by atoms with Crippen LogP contribution in [0.1, 0.15) is 32.1 Å². The van der Waals surface area contributed by atoms with E-state index in [4.69, 9.17) is 5.73 Å². The van der Waals surface area contributed by atoms with E-state index in [0.717, 1.165) is 49.7 Å². The summed E-state index contributed by atoms with van der Waals surface area (Å²) in [6, 6.07) is 8.52. The standard InChI is InChI=1S/C16H22BrN3O.2ClH/c17-12-3-5-14(6-4-12)20-10-7-13(11-20)19-15(21)16(18)8-1-2-9-16;;/h3-6,13H,1-2,7-11,18H2,(H,19,21);2*1H. The summed E-state index contributed by atoms with van der Waals surface area (Å²) in [6.07, 6.45) is 4.76. The number of nitrogens with zero attached hydrogens (tertiary/aromatic N) is 1. The number of benzene rings is 1. The van der Waals surface area contributed by atoms with Gasteiger partial charge in [0.25, 0.3) is 0 Å². The van der Waals surface area contributed by atoms with Gasteiger partial charge in [-0.1, -0.05) is 28.8 Å². The lowest BCUT2D eigenvalue weighted by molar-refractivity contribution is -0.126. The predicted octanol–water partition coefficient (Wildman–Crippen LogP) is 3.26. The highest BCUT2D eigenvalue weighted by Gasteiger charge is 2.38. The van der Waals surface area contributed by atoms with Crippen LogP contribution in [0.5, 0.6) is 0 Å². The molecule has 1 unspecified atom stereocenters. The van der Waals surface area contributed by atoms with Gasteiger partial charge in [-0.25, -0.2) is 0 Å². The number of carbonyl (C=O) groups is 1. The Bertz CT molecular complexity index is 521. The van der Waals surface area contributed by atoms with Crippen molar-refractivity contribution in [1.29, 1.82) is 0 Å². The third-order valence-corrected chi connectivity index (χ3v) is 5.19. The van der Waals surface area contributed by atoms with Crippen molar-refractivity contribution in [2.75, 3.05) is 18.0 Å². The molecule has 2 aliphatic rings. The van der Waals surface area contributed by atoms with E-state index in [0.29, 0.717) is 0 Å². The van der Waals surface area contributed by atoms with E-state index >= 15 is 0 Å². The molecule has 1 aromatic carbocycles. The molecule has 1 saturated heterocycles. The maximum absolute atomic E-state index is 12.4. The molecule has 130 valence electrons. The SMILES string of the molecule is Cl.Cl.NC1(C(=O)NC2CCN(c3ccc(Br)cc3)C2)CCCC1. The summed E-state index contributed by atoms with van der Waals surface area (Å²) >= 11 is 3.45. The van der Waals surface area contributed by atoms with Gasteiger partial charge >= 0.3 is 0 Å². The van der Waals surface area contributed by atoms with Gasteiger partial charge in [-0.05, 0) is 43.5 Å². The number of carbonyl (C=O) groups excluding carboxylic acids is 1. The summed E-state index contributed by atoms with van der Waals surface area (Å²) in [6.45, 7) is 1.84. The van der Waals surface area contributed by atoms with Crippen molar-refractivity contribution in [1.82, 2.24) is 5.32 Å². The molecule has 1 heterocycles. The summed E-state index contributed by atoms with van der Waals surface area (Å²) in [5.41, 5.74) is 6.80. The van der Waals surface area contributed by atoms with E-state index in [1.54, 1.807) is 0 Å². The first-order chi connectivity index (χ1) is 10.1. The Labute approximate surface area is 158 Å². The van der Waals surface area contributed by atoms with Crippen molar-refractivity contribution >= 4 is 52.3 Å². The number of hydrogen-bond acceptors (Lipinski definition) is 3. The molecule has 0 aromatic heterocycles. The minimum atomic E-state index is -0.620. The largest absolute Gasteiger partial charge is 0.369 e. The number of nitrogens with two attached hydrogens (primary N) is 1. The van der Waals surface area contributed by atoms with Gasteiger partial charge in [-0.15, -0.1) is 24.8 Å². The number of halogens is 3. The third-order valence-electron chi connectivity index (χ3n) is 4.66. The second-order valence-electron chi connectivity index (χ2n) is 6.24. The number of nitrogens with one attached hydrogen (secondary N) is 1. The van der Waals surface area contributed by atoms with Crippen LogP contribution in [0.2, 0.25) is 0 Å². The van der Waals surface area contributed by atoms with Crippen molar-refractivity contribution in [2.45, 2.75) is 43.7 Å². The van der Waals surface area contributed by atoms with Crippen LogP contribution in [0, 0.1) is 0 Å². The lowest BCUT2D eigenvalue weighted by Gasteiger charge is -2.25. The van der Waals surface area contributed by atoms with Crippen molar-refractivity contribution in [3.63, 3.8) is 0 Å². The van der Waals surface area contributed by atoms with E-state index < -0.39 is 5.54 Å². The first kappa shape index (κ1) is 20.6.